The van der Waals surface area contributed by atoms with E-state index in [0.29, 0.717) is 43.9 Å². The minimum atomic E-state index is -0.373. The van der Waals surface area contributed by atoms with Gasteiger partial charge in [0.25, 0.3) is 5.91 Å². The first kappa shape index (κ1) is 20.8. The highest BCUT2D eigenvalue weighted by Crippen LogP contribution is 2.27. The molecule has 162 valence electrons. The molecule has 1 fully saturated rings. The van der Waals surface area contributed by atoms with Crippen LogP contribution in [0.25, 0.3) is 0 Å². The summed E-state index contributed by atoms with van der Waals surface area (Å²) in [6, 6.07) is 13.4. The molecule has 1 atom stereocenters. The Morgan fingerprint density at radius 1 is 1.10 bits per heavy atom. The van der Waals surface area contributed by atoms with Crippen LogP contribution >= 0.6 is 0 Å². The van der Waals surface area contributed by atoms with E-state index in [4.69, 9.17) is 9.57 Å². The van der Waals surface area contributed by atoms with Gasteiger partial charge in [0.2, 0.25) is 0 Å². The smallest absolute Gasteiger partial charge is 0.339 e. The summed E-state index contributed by atoms with van der Waals surface area (Å²) in [6.45, 7) is 4.79. The third-order valence-electron chi connectivity index (χ3n) is 5.45. The Labute approximate surface area is 181 Å². The number of hydrogen-bond donors (Lipinski definition) is 0. The molecule has 0 N–H and O–H groups in total. The van der Waals surface area contributed by atoms with Crippen LogP contribution in [-0.2, 0) is 14.4 Å². The van der Waals surface area contributed by atoms with E-state index < -0.39 is 0 Å². The van der Waals surface area contributed by atoms with E-state index in [1.165, 1.54) is 6.20 Å². The standard InChI is InChI=1S/C23H26N4O4/c1-2-30-23(29)18-9-10-21(24-16-18)26-11-6-12-27(14-13-26)22(28)19-15-20(31-25-19)17-7-4-3-5-8-17/h3-5,7-10,16,20H,2,6,11-15H2,1H3. The molecular formula is C23H26N4O4. The highest BCUT2D eigenvalue weighted by molar-refractivity contribution is 6.39. The molecule has 1 amide bonds. The van der Waals surface area contributed by atoms with Crippen LogP contribution in [0.1, 0.15) is 41.8 Å². The van der Waals surface area contributed by atoms with Crippen LogP contribution < -0.4 is 4.90 Å². The summed E-state index contributed by atoms with van der Waals surface area (Å²) in [4.78, 5) is 38.7. The third kappa shape index (κ3) is 4.84. The number of amides is 1. The number of aromatic nitrogens is 1. The van der Waals surface area contributed by atoms with Gasteiger partial charge in [0.05, 0.1) is 12.2 Å². The summed E-state index contributed by atoms with van der Waals surface area (Å²) in [7, 11) is 0. The number of hydrogen-bond acceptors (Lipinski definition) is 7. The van der Waals surface area contributed by atoms with E-state index in [-0.39, 0.29) is 18.0 Å². The van der Waals surface area contributed by atoms with E-state index >= 15 is 0 Å². The van der Waals surface area contributed by atoms with Crippen LogP contribution in [0.4, 0.5) is 5.82 Å². The second-order valence-electron chi connectivity index (χ2n) is 7.51. The Hall–Kier alpha value is -3.42. The molecule has 0 radical (unpaired) electrons. The maximum absolute atomic E-state index is 13.0. The number of carbonyl (C=O) groups is 2. The molecule has 8 nitrogen and oxygen atoms in total. The molecule has 1 aromatic heterocycles. The first-order chi connectivity index (χ1) is 15.2. The zero-order valence-electron chi connectivity index (χ0n) is 17.6. The van der Waals surface area contributed by atoms with Crippen LogP contribution in [0, 0.1) is 0 Å². The van der Waals surface area contributed by atoms with Gasteiger partial charge in [-0.25, -0.2) is 9.78 Å². The van der Waals surface area contributed by atoms with Gasteiger partial charge in [-0.2, -0.15) is 0 Å². The molecule has 8 heteroatoms. The van der Waals surface area contributed by atoms with Gasteiger partial charge in [-0.3, -0.25) is 4.79 Å². The summed E-state index contributed by atoms with van der Waals surface area (Å²) in [5.74, 6) is 0.349. The van der Waals surface area contributed by atoms with Crippen LogP contribution in [0.3, 0.4) is 0 Å². The molecule has 1 aromatic carbocycles. The number of nitrogens with zero attached hydrogens (tertiary/aromatic N) is 4. The van der Waals surface area contributed by atoms with E-state index in [2.05, 4.69) is 15.0 Å². The van der Waals surface area contributed by atoms with Crippen molar-refractivity contribution < 1.29 is 19.2 Å². The van der Waals surface area contributed by atoms with E-state index in [1.54, 1.807) is 13.0 Å². The first-order valence-electron chi connectivity index (χ1n) is 10.6. The number of anilines is 1. The van der Waals surface area contributed by atoms with E-state index in [1.807, 2.05) is 41.3 Å². The highest BCUT2D eigenvalue weighted by Gasteiger charge is 2.31. The fraction of sp³-hybridized carbons (Fsp3) is 0.391. The lowest BCUT2D eigenvalue weighted by Gasteiger charge is -2.22. The Morgan fingerprint density at radius 3 is 2.68 bits per heavy atom. The summed E-state index contributed by atoms with van der Waals surface area (Å²) in [5.41, 5.74) is 1.93. The molecule has 2 aliphatic heterocycles. The molecule has 0 aliphatic carbocycles. The molecular weight excluding hydrogens is 396 g/mol. The van der Waals surface area contributed by atoms with Crippen molar-refractivity contribution in [1.29, 1.82) is 0 Å². The number of ether oxygens (including phenoxy) is 1. The Kier molecular flexibility index (Phi) is 6.45. The van der Waals surface area contributed by atoms with Crippen molar-refractivity contribution >= 4 is 23.4 Å². The summed E-state index contributed by atoms with van der Waals surface area (Å²) >= 11 is 0. The van der Waals surface area contributed by atoms with Crippen molar-refractivity contribution in [2.45, 2.75) is 25.9 Å². The molecule has 2 aliphatic rings. The van der Waals surface area contributed by atoms with Crippen LogP contribution in [-0.4, -0.2) is 60.3 Å². The normalized spacial score (nSPS) is 18.7. The number of esters is 1. The average Bonchev–Trinajstić information content (AvgIpc) is 3.18. The average molecular weight is 422 g/mol. The van der Waals surface area contributed by atoms with E-state index in [0.717, 1.165) is 24.3 Å². The maximum atomic E-state index is 13.0. The predicted molar refractivity (Wildman–Crippen MR) is 116 cm³/mol. The topological polar surface area (TPSA) is 84.3 Å². The highest BCUT2D eigenvalue weighted by atomic mass is 16.6. The quantitative estimate of drug-likeness (QED) is 0.689. The molecule has 4 rings (SSSR count). The van der Waals surface area contributed by atoms with Gasteiger partial charge in [0.1, 0.15) is 11.5 Å². The van der Waals surface area contributed by atoms with Gasteiger partial charge in [-0.15, -0.1) is 0 Å². The number of oxime groups is 1. The van der Waals surface area contributed by atoms with Crippen molar-refractivity contribution in [2.75, 3.05) is 37.7 Å². The summed E-state index contributed by atoms with van der Waals surface area (Å²) in [5, 5.41) is 4.07. The van der Waals surface area contributed by atoms with Gasteiger partial charge in [-0.1, -0.05) is 35.5 Å². The van der Waals surface area contributed by atoms with Crippen molar-refractivity contribution in [3.05, 3.63) is 59.8 Å². The number of carbonyl (C=O) groups excluding carboxylic acids is 2. The first-order valence-corrected chi connectivity index (χ1v) is 10.6. The predicted octanol–water partition coefficient (Wildman–Crippen LogP) is 2.81. The molecule has 0 bridgehead atoms. The summed E-state index contributed by atoms with van der Waals surface area (Å²) < 4.78 is 5.00. The SMILES string of the molecule is CCOC(=O)c1ccc(N2CCCN(C(=O)C3=NOC(c4ccccc4)C3)CC2)nc1. The van der Waals surface area contributed by atoms with Crippen molar-refractivity contribution in [1.82, 2.24) is 9.88 Å². The largest absolute Gasteiger partial charge is 0.462 e. The zero-order chi connectivity index (χ0) is 21.6. The van der Waals surface area contributed by atoms with Gasteiger partial charge < -0.3 is 19.4 Å². The lowest BCUT2D eigenvalue weighted by Crippen LogP contribution is -2.39. The number of pyridine rings is 1. The number of rotatable bonds is 5. The fourth-order valence-corrected chi connectivity index (χ4v) is 3.79. The van der Waals surface area contributed by atoms with Gasteiger partial charge in [0.15, 0.2) is 6.10 Å². The second kappa shape index (κ2) is 9.59. The maximum Gasteiger partial charge on any atom is 0.339 e. The fourth-order valence-electron chi connectivity index (χ4n) is 3.79. The van der Waals surface area contributed by atoms with Gasteiger partial charge in [-0.05, 0) is 31.0 Å². The lowest BCUT2D eigenvalue weighted by atomic mass is 10.0. The second-order valence-corrected chi connectivity index (χ2v) is 7.51. The lowest BCUT2D eigenvalue weighted by molar-refractivity contribution is -0.124. The van der Waals surface area contributed by atoms with Crippen molar-refractivity contribution in [3.8, 4) is 0 Å². The van der Waals surface area contributed by atoms with Gasteiger partial charge >= 0.3 is 5.97 Å². The van der Waals surface area contributed by atoms with Gasteiger partial charge in [0, 0.05) is 38.8 Å². The van der Waals surface area contributed by atoms with Crippen molar-refractivity contribution in [3.63, 3.8) is 0 Å². The van der Waals surface area contributed by atoms with Crippen LogP contribution in [0.2, 0.25) is 0 Å². The zero-order valence-corrected chi connectivity index (χ0v) is 17.6. The molecule has 1 unspecified atom stereocenters. The van der Waals surface area contributed by atoms with Crippen molar-refractivity contribution in [2.24, 2.45) is 5.16 Å². The molecule has 2 aromatic rings. The minimum Gasteiger partial charge on any atom is -0.462 e. The Morgan fingerprint density at radius 2 is 1.94 bits per heavy atom. The molecule has 3 heterocycles. The van der Waals surface area contributed by atoms with Crippen LogP contribution in [0.5, 0.6) is 0 Å². The monoisotopic (exact) mass is 422 g/mol. The number of benzene rings is 1. The Balaban J connectivity index is 1.34. The molecule has 31 heavy (non-hydrogen) atoms. The third-order valence-corrected chi connectivity index (χ3v) is 5.45. The Bertz CT molecular complexity index is 946. The molecule has 1 saturated heterocycles. The van der Waals surface area contributed by atoms with Crippen LogP contribution in [0.15, 0.2) is 53.8 Å². The van der Waals surface area contributed by atoms with E-state index in [9.17, 15) is 9.59 Å². The minimum absolute atomic E-state index is 0.0640. The summed E-state index contributed by atoms with van der Waals surface area (Å²) in [6.07, 6.45) is 2.64. The molecule has 0 spiro atoms. The molecule has 0 saturated carbocycles.